The molecule has 0 bridgehead atoms. The van der Waals surface area contributed by atoms with Gasteiger partial charge < -0.3 is 4.52 Å². The minimum absolute atomic E-state index is 0.0998. The number of carbonyl (C=O) groups excluding carboxylic acids is 1. The standard InChI is InChI=1S/C7H14NO6P/c1-4-6(14-15(10,11)12)5-7(9)8(2)13-3/h5H,4H2,1-3H3,(H2,10,11,12). The summed E-state index contributed by atoms with van der Waals surface area (Å²) in [6.07, 6.45) is 1.15. The van der Waals surface area contributed by atoms with E-state index in [0.717, 1.165) is 11.1 Å². The van der Waals surface area contributed by atoms with Gasteiger partial charge in [-0.1, -0.05) is 6.92 Å². The van der Waals surface area contributed by atoms with Crippen LogP contribution in [0.25, 0.3) is 0 Å². The van der Waals surface area contributed by atoms with Crippen molar-refractivity contribution in [3.63, 3.8) is 0 Å². The lowest BCUT2D eigenvalue weighted by molar-refractivity contribution is -0.162. The van der Waals surface area contributed by atoms with Crippen LogP contribution in [0.2, 0.25) is 0 Å². The molecule has 0 rings (SSSR count). The zero-order valence-electron chi connectivity index (χ0n) is 8.71. The van der Waals surface area contributed by atoms with E-state index in [1.165, 1.54) is 14.2 Å². The van der Waals surface area contributed by atoms with Crippen LogP contribution in [0.5, 0.6) is 0 Å². The van der Waals surface area contributed by atoms with Crippen LogP contribution in [0.15, 0.2) is 11.8 Å². The molecule has 0 aromatic carbocycles. The number of allylic oxidation sites excluding steroid dienone is 1. The van der Waals surface area contributed by atoms with Crippen LogP contribution >= 0.6 is 7.82 Å². The molecule has 0 radical (unpaired) electrons. The third-order valence-electron chi connectivity index (χ3n) is 1.45. The molecule has 15 heavy (non-hydrogen) atoms. The Morgan fingerprint density at radius 3 is 2.40 bits per heavy atom. The van der Waals surface area contributed by atoms with E-state index in [2.05, 4.69) is 9.36 Å². The average molecular weight is 239 g/mol. The van der Waals surface area contributed by atoms with Crippen LogP contribution in [-0.2, 0) is 18.7 Å². The Hall–Kier alpha value is -0.880. The topological polar surface area (TPSA) is 96.3 Å². The Labute approximate surface area is 87.5 Å². The normalized spacial score (nSPS) is 12.5. The highest BCUT2D eigenvalue weighted by Crippen LogP contribution is 2.39. The highest BCUT2D eigenvalue weighted by Gasteiger charge is 2.18. The lowest BCUT2D eigenvalue weighted by Crippen LogP contribution is -2.23. The first-order valence-electron chi connectivity index (χ1n) is 4.07. The summed E-state index contributed by atoms with van der Waals surface area (Å²) in [5.74, 6) is -0.667. The summed E-state index contributed by atoms with van der Waals surface area (Å²) in [6.45, 7) is 1.60. The Morgan fingerprint density at radius 1 is 1.53 bits per heavy atom. The predicted molar refractivity (Wildman–Crippen MR) is 51.3 cm³/mol. The van der Waals surface area contributed by atoms with Gasteiger partial charge in [0.1, 0.15) is 5.76 Å². The van der Waals surface area contributed by atoms with E-state index < -0.39 is 13.7 Å². The van der Waals surface area contributed by atoms with Crippen molar-refractivity contribution in [3.05, 3.63) is 11.8 Å². The van der Waals surface area contributed by atoms with Crippen LogP contribution in [0.4, 0.5) is 0 Å². The first kappa shape index (κ1) is 14.1. The first-order valence-corrected chi connectivity index (χ1v) is 5.60. The molecule has 0 unspecified atom stereocenters. The third kappa shape index (κ3) is 6.24. The fourth-order valence-corrected chi connectivity index (χ4v) is 1.15. The summed E-state index contributed by atoms with van der Waals surface area (Å²) < 4.78 is 14.8. The highest BCUT2D eigenvalue weighted by atomic mass is 31.2. The van der Waals surface area contributed by atoms with Gasteiger partial charge in [-0.2, -0.15) is 0 Å². The van der Waals surface area contributed by atoms with Crippen LogP contribution in [0.3, 0.4) is 0 Å². The molecule has 0 fully saturated rings. The largest absolute Gasteiger partial charge is 0.524 e. The average Bonchev–Trinajstić information content (AvgIpc) is 2.13. The van der Waals surface area contributed by atoms with Gasteiger partial charge in [-0.25, -0.2) is 9.63 Å². The number of nitrogens with zero attached hydrogens (tertiary/aromatic N) is 1. The summed E-state index contributed by atoms with van der Waals surface area (Å²) >= 11 is 0. The fraction of sp³-hybridized carbons (Fsp3) is 0.571. The van der Waals surface area contributed by atoms with Crippen molar-refractivity contribution in [1.82, 2.24) is 5.06 Å². The summed E-state index contributed by atoms with van der Waals surface area (Å²) in [5.41, 5.74) is 0. The molecule has 0 atom stereocenters. The summed E-state index contributed by atoms with van der Waals surface area (Å²) in [7, 11) is -1.96. The fourth-order valence-electron chi connectivity index (χ4n) is 0.664. The van der Waals surface area contributed by atoms with Crippen molar-refractivity contribution in [2.45, 2.75) is 13.3 Å². The minimum Gasteiger partial charge on any atom is -0.409 e. The van der Waals surface area contributed by atoms with E-state index >= 15 is 0 Å². The van der Waals surface area contributed by atoms with Gasteiger partial charge in [-0.15, -0.1) is 0 Å². The van der Waals surface area contributed by atoms with Crippen molar-refractivity contribution in [2.24, 2.45) is 0 Å². The van der Waals surface area contributed by atoms with Gasteiger partial charge in [0.05, 0.1) is 7.11 Å². The number of hydroxylamine groups is 2. The van der Waals surface area contributed by atoms with Crippen LogP contribution in [-0.4, -0.2) is 34.9 Å². The Kier molecular flexibility index (Phi) is 5.53. The molecule has 2 N–H and O–H groups in total. The van der Waals surface area contributed by atoms with E-state index in [1.807, 2.05) is 0 Å². The lowest BCUT2D eigenvalue weighted by atomic mass is 10.3. The number of hydrogen-bond donors (Lipinski definition) is 2. The zero-order chi connectivity index (χ0) is 12.1. The maximum Gasteiger partial charge on any atom is 0.524 e. The molecule has 0 aliphatic heterocycles. The number of phosphoric acid groups is 1. The molecule has 0 aromatic rings. The summed E-state index contributed by atoms with van der Waals surface area (Å²) in [5, 5.41) is 0.901. The van der Waals surface area contributed by atoms with Gasteiger partial charge in [-0.05, 0) is 0 Å². The quantitative estimate of drug-likeness (QED) is 0.312. The van der Waals surface area contributed by atoms with Crippen molar-refractivity contribution in [1.29, 1.82) is 0 Å². The van der Waals surface area contributed by atoms with Crippen molar-refractivity contribution >= 4 is 13.7 Å². The van der Waals surface area contributed by atoms with Gasteiger partial charge in [-0.3, -0.25) is 19.4 Å². The predicted octanol–water partition coefficient (Wildman–Crippen LogP) is 0.409. The molecular weight excluding hydrogens is 225 g/mol. The summed E-state index contributed by atoms with van der Waals surface area (Å²) in [4.78, 5) is 32.8. The van der Waals surface area contributed by atoms with Gasteiger partial charge in [0.25, 0.3) is 5.91 Å². The minimum atomic E-state index is -4.61. The number of carbonyl (C=O) groups is 1. The molecule has 7 nitrogen and oxygen atoms in total. The van der Waals surface area contributed by atoms with E-state index in [-0.39, 0.29) is 12.2 Å². The van der Waals surface area contributed by atoms with E-state index in [1.54, 1.807) is 6.92 Å². The van der Waals surface area contributed by atoms with Crippen LogP contribution in [0, 0.1) is 0 Å². The Morgan fingerprint density at radius 2 is 2.07 bits per heavy atom. The van der Waals surface area contributed by atoms with Crippen molar-refractivity contribution in [3.8, 4) is 0 Å². The maximum absolute atomic E-state index is 11.2. The molecule has 8 heteroatoms. The molecule has 0 aromatic heterocycles. The van der Waals surface area contributed by atoms with Gasteiger partial charge in [0.15, 0.2) is 0 Å². The molecule has 0 heterocycles. The number of rotatable bonds is 5. The van der Waals surface area contributed by atoms with Crippen molar-refractivity contribution in [2.75, 3.05) is 14.2 Å². The molecular formula is C7H14NO6P. The van der Waals surface area contributed by atoms with Crippen molar-refractivity contribution < 1.29 is 28.5 Å². The molecule has 0 aliphatic rings. The SMILES string of the molecule is CCC(=CC(=O)N(C)OC)OP(=O)(O)O. The third-order valence-corrected chi connectivity index (χ3v) is 1.93. The molecule has 0 saturated carbocycles. The molecule has 1 amide bonds. The summed E-state index contributed by atoms with van der Waals surface area (Å²) in [6, 6.07) is 0. The maximum atomic E-state index is 11.2. The number of likely N-dealkylation sites (N-methyl/N-ethyl adjacent to an activating group) is 1. The van der Waals surface area contributed by atoms with Gasteiger partial charge >= 0.3 is 7.82 Å². The Balaban J connectivity index is 4.60. The highest BCUT2D eigenvalue weighted by molar-refractivity contribution is 7.46. The second-order valence-corrected chi connectivity index (χ2v) is 3.73. The molecule has 0 spiro atoms. The lowest BCUT2D eigenvalue weighted by Gasteiger charge is -2.13. The second kappa shape index (κ2) is 5.87. The second-order valence-electron chi connectivity index (χ2n) is 2.56. The van der Waals surface area contributed by atoms with Crippen LogP contribution in [0.1, 0.15) is 13.3 Å². The van der Waals surface area contributed by atoms with Gasteiger partial charge in [0.2, 0.25) is 0 Å². The van der Waals surface area contributed by atoms with Gasteiger partial charge in [0, 0.05) is 19.5 Å². The molecule has 88 valence electrons. The van der Waals surface area contributed by atoms with E-state index in [4.69, 9.17) is 9.79 Å². The van der Waals surface area contributed by atoms with Crippen LogP contribution < -0.4 is 0 Å². The number of amides is 1. The van der Waals surface area contributed by atoms with E-state index in [9.17, 15) is 9.36 Å². The first-order chi connectivity index (χ1) is 6.80. The Bertz CT molecular complexity index is 296. The van der Waals surface area contributed by atoms with E-state index in [0.29, 0.717) is 0 Å². The molecule has 0 saturated heterocycles. The number of hydrogen-bond acceptors (Lipinski definition) is 4. The smallest absolute Gasteiger partial charge is 0.409 e. The monoisotopic (exact) mass is 239 g/mol. The zero-order valence-corrected chi connectivity index (χ0v) is 9.60. The number of phosphoric ester groups is 1. The molecule has 0 aliphatic carbocycles.